The Kier molecular flexibility index (Phi) is 5.94. The topological polar surface area (TPSA) is 61.8 Å². The quantitative estimate of drug-likeness (QED) is 0.772. The lowest BCUT2D eigenvalue weighted by atomic mass is 10.2. The Bertz CT molecular complexity index is 478. The number of likely N-dealkylation sites (tertiary alicyclic amines) is 1. The Morgan fingerprint density at radius 2 is 2.00 bits per heavy atom. The first-order valence-electron chi connectivity index (χ1n) is 7.86. The number of rotatable bonds is 6. The summed E-state index contributed by atoms with van der Waals surface area (Å²) in [4.78, 5) is 14.1. The average molecular weight is 306 g/mol. The Labute approximate surface area is 132 Å². The largest absolute Gasteiger partial charge is 0.460 e. The number of carbonyl (C=O) groups is 1. The molecule has 5 heteroatoms. The van der Waals surface area contributed by atoms with Crippen LogP contribution in [-0.2, 0) is 16.1 Å². The number of aliphatic hydroxyl groups excluding tert-OH is 1. The first kappa shape index (κ1) is 16.9. The van der Waals surface area contributed by atoms with E-state index in [4.69, 9.17) is 4.74 Å². The third-order valence-electron chi connectivity index (χ3n) is 3.98. The van der Waals surface area contributed by atoms with Gasteiger partial charge in [-0.25, -0.2) is 0 Å². The number of nitrogens with one attached hydrogen (secondary N) is 1. The van der Waals surface area contributed by atoms with Crippen molar-refractivity contribution in [2.45, 2.75) is 51.6 Å². The van der Waals surface area contributed by atoms with Gasteiger partial charge in [0, 0.05) is 25.2 Å². The van der Waals surface area contributed by atoms with Gasteiger partial charge >= 0.3 is 5.97 Å². The van der Waals surface area contributed by atoms with Crippen molar-refractivity contribution in [3.63, 3.8) is 0 Å². The molecule has 22 heavy (non-hydrogen) atoms. The zero-order chi connectivity index (χ0) is 16.1. The van der Waals surface area contributed by atoms with E-state index >= 15 is 0 Å². The summed E-state index contributed by atoms with van der Waals surface area (Å²) in [5, 5.41) is 13.4. The Balaban J connectivity index is 1.83. The average Bonchev–Trinajstić information content (AvgIpc) is 2.85. The number of β-amino-alcohol motifs (C(OH)–C–C–N with tert-alkyl or cyclic N) is 1. The van der Waals surface area contributed by atoms with Gasteiger partial charge in [0.1, 0.15) is 12.6 Å². The van der Waals surface area contributed by atoms with Crippen molar-refractivity contribution >= 4 is 5.97 Å². The summed E-state index contributed by atoms with van der Waals surface area (Å²) in [7, 11) is 0. The van der Waals surface area contributed by atoms with E-state index in [2.05, 4.69) is 5.32 Å². The van der Waals surface area contributed by atoms with Crippen molar-refractivity contribution in [3.8, 4) is 0 Å². The summed E-state index contributed by atoms with van der Waals surface area (Å²) in [5.74, 6) is -0.249. The maximum atomic E-state index is 12.2. The van der Waals surface area contributed by atoms with Crippen LogP contribution in [0.1, 0.15) is 26.3 Å². The number of hydrogen-bond donors (Lipinski definition) is 2. The van der Waals surface area contributed by atoms with Gasteiger partial charge in [-0.1, -0.05) is 44.2 Å². The molecule has 3 atom stereocenters. The highest BCUT2D eigenvalue weighted by atomic mass is 16.5. The second-order valence-corrected chi connectivity index (χ2v) is 6.22. The predicted molar refractivity (Wildman–Crippen MR) is 85.3 cm³/mol. The fraction of sp³-hybridized carbons (Fsp3) is 0.588. The molecule has 0 saturated carbocycles. The predicted octanol–water partition coefficient (Wildman–Crippen LogP) is 1.16. The van der Waals surface area contributed by atoms with Crippen molar-refractivity contribution in [2.75, 3.05) is 13.1 Å². The zero-order valence-electron chi connectivity index (χ0n) is 13.5. The van der Waals surface area contributed by atoms with Crippen LogP contribution in [0.5, 0.6) is 0 Å². The van der Waals surface area contributed by atoms with E-state index in [0.29, 0.717) is 19.1 Å². The normalized spacial score (nSPS) is 23.7. The molecule has 1 aliphatic heterocycles. The molecule has 0 spiro atoms. The number of ether oxygens (including phenoxy) is 1. The van der Waals surface area contributed by atoms with Gasteiger partial charge in [0.15, 0.2) is 0 Å². The SMILES string of the molecule is CC(C)N[C@@H]1CN(C(C)C(=O)OCc2ccccc2)C[C@@H]1O. The molecule has 1 aliphatic rings. The van der Waals surface area contributed by atoms with E-state index in [1.165, 1.54) is 0 Å². The maximum Gasteiger partial charge on any atom is 0.323 e. The Morgan fingerprint density at radius 1 is 1.32 bits per heavy atom. The van der Waals surface area contributed by atoms with Crippen molar-refractivity contribution in [1.29, 1.82) is 0 Å². The smallest absolute Gasteiger partial charge is 0.323 e. The molecule has 2 rings (SSSR count). The standard InChI is InChI=1S/C17H26N2O3/c1-12(2)18-15-9-19(10-16(15)20)13(3)17(21)22-11-14-7-5-4-6-8-14/h4-8,12-13,15-16,18,20H,9-11H2,1-3H3/t13?,15-,16+/m1/s1. The van der Waals surface area contributed by atoms with Crippen LogP contribution in [-0.4, -0.2) is 53.3 Å². The van der Waals surface area contributed by atoms with Gasteiger partial charge in [0.2, 0.25) is 0 Å². The number of benzene rings is 1. The first-order chi connectivity index (χ1) is 10.5. The van der Waals surface area contributed by atoms with Gasteiger partial charge in [-0.05, 0) is 12.5 Å². The van der Waals surface area contributed by atoms with Crippen LogP contribution in [0.3, 0.4) is 0 Å². The second kappa shape index (κ2) is 7.72. The number of esters is 1. The van der Waals surface area contributed by atoms with Gasteiger partial charge < -0.3 is 15.2 Å². The molecule has 1 aromatic carbocycles. The number of aliphatic hydroxyl groups is 1. The van der Waals surface area contributed by atoms with Crippen LogP contribution in [0, 0.1) is 0 Å². The fourth-order valence-electron chi connectivity index (χ4n) is 2.72. The van der Waals surface area contributed by atoms with Crippen molar-refractivity contribution in [3.05, 3.63) is 35.9 Å². The molecule has 0 radical (unpaired) electrons. The zero-order valence-corrected chi connectivity index (χ0v) is 13.5. The summed E-state index contributed by atoms with van der Waals surface area (Å²) < 4.78 is 5.37. The Morgan fingerprint density at radius 3 is 2.64 bits per heavy atom. The minimum atomic E-state index is -0.452. The van der Waals surface area contributed by atoms with E-state index in [9.17, 15) is 9.90 Å². The number of carbonyl (C=O) groups excluding carboxylic acids is 1. The van der Waals surface area contributed by atoms with Crippen molar-refractivity contribution in [1.82, 2.24) is 10.2 Å². The van der Waals surface area contributed by atoms with Crippen LogP contribution in [0.25, 0.3) is 0 Å². The van der Waals surface area contributed by atoms with Crippen LogP contribution < -0.4 is 5.32 Å². The maximum absolute atomic E-state index is 12.2. The van der Waals surface area contributed by atoms with E-state index in [1.807, 2.05) is 56.0 Å². The minimum Gasteiger partial charge on any atom is -0.460 e. The number of hydrogen-bond acceptors (Lipinski definition) is 5. The molecule has 1 unspecified atom stereocenters. The van der Waals surface area contributed by atoms with Gasteiger partial charge in [-0.3, -0.25) is 9.69 Å². The highest BCUT2D eigenvalue weighted by Gasteiger charge is 2.36. The lowest BCUT2D eigenvalue weighted by Crippen LogP contribution is -2.44. The summed E-state index contributed by atoms with van der Waals surface area (Å²) in [5.41, 5.74) is 0.976. The molecular weight excluding hydrogens is 280 g/mol. The molecule has 0 bridgehead atoms. The third kappa shape index (κ3) is 4.53. The molecule has 1 saturated heterocycles. The Hall–Kier alpha value is -1.43. The van der Waals surface area contributed by atoms with Crippen LogP contribution >= 0.6 is 0 Å². The fourth-order valence-corrected chi connectivity index (χ4v) is 2.72. The van der Waals surface area contributed by atoms with Gasteiger partial charge in [0.05, 0.1) is 6.10 Å². The monoisotopic (exact) mass is 306 g/mol. The first-order valence-corrected chi connectivity index (χ1v) is 7.86. The van der Waals surface area contributed by atoms with E-state index in [1.54, 1.807) is 0 Å². The van der Waals surface area contributed by atoms with Gasteiger partial charge in [0.25, 0.3) is 0 Å². The molecule has 1 aromatic rings. The molecule has 0 aliphatic carbocycles. The molecule has 122 valence electrons. The lowest BCUT2D eigenvalue weighted by Gasteiger charge is -2.23. The van der Waals surface area contributed by atoms with Crippen molar-refractivity contribution < 1.29 is 14.6 Å². The molecule has 2 N–H and O–H groups in total. The molecule has 1 fully saturated rings. The molecule has 1 heterocycles. The number of nitrogens with zero attached hydrogens (tertiary/aromatic N) is 1. The lowest BCUT2D eigenvalue weighted by molar-refractivity contribution is -0.150. The summed E-state index contributed by atoms with van der Waals surface area (Å²) in [6.07, 6.45) is -0.452. The van der Waals surface area contributed by atoms with Gasteiger partial charge in [-0.2, -0.15) is 0 Å². The van der Waals surface area contributed by atoms with Crippen LogP contribution in [0.4, 0.5) is 0 Å². The molecular formula is C17H26N2O3. The summed E-state index contributed by atoms with van der Waals surface area (Å²) >= 11 is 0. The molecule has 5 nitrogen and oxygen atoms in total. The summed E-state index contributed by atoms with van der Waals surface area (Å²) in [6.45, 7) is 7.36. The van der Waals surface area contributed by atoms with E-state index in [0.717, 1.165) is 5.56 Å². The van der Waals surface area contributed by atoms with Crippen LogP contribution in [0.2, 0.25) is 0 Å². The van der Waals surface area contributed by atoms with E-state index < -0.39 is 6.10 Å². The highest BCUT2D eigenvalue weighted by molar-refractivity contribution is 5.75. The highest BCUT2D eigenvalue weighted by Crippen LogP contribution is 2.15. The summed E-state index contributed by atoms with van der Waals surface area (Å²) in [6, 6.07) is 9.60. The van der Waals surface area contributed by atoms with E-state index in [-0.39, 0.29) is 24.7 Å². The van der Waals surface area contributed by atoms with Crippen molar-refractivity contribution in [2.24, 2.45) is 0 Å². The second-order valence-electron chi connectivity index (χ2n) is 6.22. The molecule has 0 amide bonds. The van der Waals surface area contributed by atoms with Crippen LogP contribution in [0.15, 0.2) is 30.3 Å². The minimum absolute atomic E-state index is 0.00405. The molecule has 0 aromatic heterocycles. The third-order valence-corrected chi connectivity index (χ3v) is 3.98. The van der Waals surface area contributed by atoms with Gasteiger partial charge in [-0.15, -0.1) is 0 Å².